The average Bonchev–Trinajstić information content (AvgIpc) is 1.94. The molecule has 1 heterocycles. The van der Waals surface area contributed by atoms with Crippen LogP contribution in [0.3, 0.4) is 0 Å². The maximum atomic E-state index is 12.3. The van der Waals surface area contributed by atoms with Gasteiger partial charge < -0.3 is 4.90 Å². The smallest absolute Gasteiger partial charge is 0.255 e. The molecule has 0 aromatic carbocycles. The van der Waals surface area contributed by atoms with Crippen LogP contribution in [0.1, 0.15) is 0 Å². The van der Waals surface area contributed by atoms with Crippen molar-refractivity contribution in [1.82, 2.24) is 9.80 Å². The summed E-state index contributed by atoms with van der Waals surface area (Å²) in [6.45, 7) is 2.11. The van der Waals surface area contributed by atoms with Gasteiger partial charge in [0.15, 0.2) is 0 Å². The highest BCUT2D eigenvalue weighted by Gasteiger charge is 2.29. The van der Waals surface area contributed by atoms with Crippen LogP contribution in [-0.4, -0.2) is 56.0 Å². The van der Waals surface area contributed by atoms with Gasteiger partial charge in [-0.05, 0) is 14.1 Å². The molecule has 0 saturated carbocycles. The maximum absolute atomic E-state index is 12.3. The lowest BCUT2D eigenvalue weighted by molar-refractivity contribution is -0.00467. The fraction of sp³-hybridized carbons (Fsp3) is 1.00. The van der Waals surface area contributed by atoms with E-state index in [1.807, 2.05) is 11.9 Å². The topological polar surface area (TPSA) is 6.48 Å². The van der Waals surface area contributed by atoms with Crippen molar-refractivity contribution in [3.8, 4) is 0 Å². The van der Waals surface area contributed by atoms with Crippen molar-refractivity contribution in [3.63, 3.8) is 0 Å². The van der Waals surface area contributed by atoms with E-state index in [1.165, 1.54) is 0 Å². The summed E-state index contributed by atoms with van der Waals surface area (Å²) >= 11 is 0. The van der Waals surface area contributed by atoms with Gasteiger partial charge in [-0.3, -0.25) is 4.90 Å². The Hall–Kier alpha value is -0.220. The Balaban J connectivity index is 2.47. The van der Waals surface area contributed by atoms with Gasteiger partial charge in [0.1, 0.15) is 0 Å². The summed E-state index contributed by atoms with van der Waals surface area (Å²) in [4.78, 5) is 3.67. The molecule has 0 N–H and O–H groups in total. The zero-order chi connectivity index (χ0) is 8.43. The van der Waals surface area contributed by atoms with Gasteiger partial charge in [-0.2, -0.15) is 0 Å². The van der Waals surface area contributed by atoms with E-state index >= 15 is 0 Å². The van der Waals surface area contributed by atoms with Crippen LogP contribution in [-0.2, 0) is 0 Å². The molecule has 1 fully saturated rings. The second kappa shape index (κ2) is 3.45. The van der Waals surface area contributed by atoms with E-state index < -0.39 is 12.5 Å². The highest BCUT2D eigenvalue weighted by Crippen LogP contribution is 2.12. The molecule has 2 nitrogen and oxygen atoms in total. The summed E-state index contributed by atoms with van der Waals surface area (Å²) in [5.74, 6) is 0. The lowest BCUT2D eigenvalue weighted by Crippen LogP contribution is -2.53. The van der Waals surface area contributed by atoms with Crippen molar-refractivity contribution in [2.75, 3.05) is 33.7 Å². The van der Waals surface area contributed by atoms with Gasteiger partial charge in [-0.1, -0.05) is 0 Å². The van der Waals surface area contributed by atoms with Crippen molar-refractivity contribution in [2.45, 2.75) is 12.5 Å². The van der Waals surface area contributed by atoms with Gasteiger partial charge in [-0.15, -0.1) is 0 Å². The normalized spacial score (nSPS) is 29.7. The first kappa shape index (κ1) is 8.87. The van der Waals surface area contributed by atoms with Crippen LogP contribution in [0.5, 0.6) is 0 Å². The van der Waals surface area contributed by atoms with Crippen LogP contribution in [0, 0.1) is 0 Å². The molecule has 0 spiro atoms. The van der Waals surface area contributed by atoms with E-state index in [2.05, 4.69) is 0 Å². The first-order chi connectivity index (χ1) is 5.11. The Morgan fingerprint density at radius 1 is 1.27 bits per heavy atom. The van der Waals surface area contributed by atoms with Gasteiger partial charge in [0, 0.05) is 19.6 Å². The van der Waals surface area contributed by atoms with Crippen LogP contribution in [0.2, 0.25) is 0 Å². The summed E-state index contributed by atoms with van der Waals surface area (Å²) in [5, 5.41) is 0. The van der Waals surface area contributed by atoms with E-state index in [0.29, 0.717) is 6.54 Å². The fourth-order valence-electron chi connectivity index (χ4n) is 1.32. The molecular formula is C7H14F2N2. The molecule has 0 aliphatic carbocycles. The Morgan fingerprint density at radius 3 is 2.36 bits per heavy atom. The number of rotatable bonds is 1. The van der Waals surface area contributed by atoms with Crippen molar-refractivity contribution >= 4 is 0 Å². The first-order valence-corrected chi connectivity index (χ1v) is 3.78. The second-order valence-electron chi connectivity index (χ2n) is 3.14. The van der Waals surface area contributed by atoms with E-state index in [4.69, 9.17) is 0 Å². The molecule has 0 amide bonds. The molecule has 0 radical (unpaired) electrons. The van der Waals surface area contributed by atoms with Crippen LogP contribution in [0.15, 0.2) is 0 Å². The Kier molecular flexibility index (Phi) is 2.78. The number of likely N-dealkylation sites (N-methyl/N-ethyl adjacent to an activating group) is 2. The zero-order valence-electron chi connectivity index (χ0n) is 6.93. The third-order valence-corrected chi connectivity index (χ3v) is 2.19. The zero-order valence-corrected chi connectivity index (χ0v) is 6.93. The minimum absolute atomic E-state index is 0.480. The lowest BCUT2D eigenvalue weighted by atomic mass is 10.2. The molecule has 1 rings (SSSR count). The number of halogens is 2. The molecule has 1 atom stereocenters. The number of hydrogen-bond donors (Lipinski definition) is 0. The van der Waals surface area contributed by atoms with Crippen molar-refractivity contribution in [2.24, 2.45) is 0 Å². The second-order valence-corrected chi connectivity index (χ2v) is 3.14. The van der Waals surface area contributed by atoms with Crippen LogP contribution >= 0.6 is 0 Å². The molecule has 4 heteroatoms. The van der Waals surface area contributed by atoms with Gasteiger partial charge in [-0.25, -0.2) is 8.78 Å². The Morgan fingerprint density at radius 2 is 1.91 bits per heavy atom. The van der Waals surface area contributed by atoms with Crippen LogP contribution in [0.4, 0.5) is 8.78 Å². The molecule has 0 aromatic rings. The molecule has 1 unspecified atom stereocenters. The van der Waals surface area contributed by atoms with E-state index in [1.54, 1.807) is 11.9 Å². The minimum atomic E-state index is -2.22. The average molecular weight is 164 g/mol. The van der Waals surface area contributed by atoms with Gasteiger partial charge in [0.2, 0.25) is 0 Å². The summed E-state index contributed by atoms with van der Waals surface area (Å²) in [6.07, 6.45) is -2.22. The Bertz CT molecular complexity index is 130. The van der Waals surface area contributed by atoms with Crippen LogP contribution < -0.4 is 0 Å². The molecule has 66 valence electrons. The summed E-state index contributed by atoms with van der Waals surface area (Å²) in [7, 11) is 3.63. The predicted molar refractivity (Wildman–Crippen MR) is 39.9 cm³/mol. The van der Waals surface area contributed by atoms with Gasteiger partial charge in [0.25, 0.3) is 6.43 Å². The van der Waals surface area contributed by atoms with Crippen molar-refractivity contribution in [1.29, 1.82) is 0 Å². The number of piperazine rings is 1. The quantitative estimate of drug-likeness (QED) is 0.556. The fourth-order valence-corrected chi connectivity index (χ4v) is 1.32. The highest BCUT2D eigenvalue weighted by atomic mass is 19.3. The largest absolute Gasteiger partial charge is 0.303 e. The van der Waals surface area contributed by atoms with E-state index in [-0.39, 0.29) is 0 Å². The minimum Gasteiger partial charge on any atom is -0.303 e. The van der Waals surface area contributed by atoms with Gasteiger partial charge >= 0.3 is 0 Å². The van der Waals surface area contributed by atoms with Crippen molar-refractivity contribution in [3.05, 3.63) is 0 Å². The molecule has 0 aromatic heterocycles. The molecule has 1 aliphatic heterocycles. The van der Waals surface area contributed by atoms with Crippen molar-refractivity contribution < 1.29 is 8.78 Å². The monoisotopic (exact) mass is 164 g/mol. The van der Waals surface area contributed by atoms with E-state index in [9.17, 15) is 8.78 Å². The molecule has 0 bridgehead atoms. The van der Waals surface area contributed by atoms with Gasteiger partial charge in [0.05, 0.1) is 6.04 Å². The highest BCUT2D eigenvalue weighted by molar-refractivity contribution is 4.79. The van der Waals surface area contributed by atoms with E-state index in [0.717, 1.165) is 13.1 Å². The number of nitrogens with zero attached hydrogens (tertiary/aromatic N) is 2. The number of hydrogen-bond acceptors (Lipinski definition) is 2. The maximum Gasteiger partial charge on any atom is 0.255 e. The lowest BCUT2D eigenvalue weighted by Gasteiger charge is -2.36. The molecule has 1 aliphatic rings. The third kappa shape index (κ3) is 2.10. The third-order valence-electron chi connectivity index (χ3n) is 2.19. The predicted octanol–water partition coefficient (Wildman–Crippen LogP) is 0.497. The molecular weight excluding hydrogens is 150 g/mol. The summed E-state index contributed by atoms with van der Waals surface area (Å²) in [6, 6.07) is -0.575. The molecule has 11 heavy (non-hydrogen) atoms. The summed E-state index contributed by atoms with van der Waals surface area (Å²) in [5.41, 5.74) is 0. The standard InChI is InChI=1S/C7H14F2N2/c1-10-3-4-11(2)6(5-10)7(8)9/h6-7H,3-5H2,1-2H3. The summed E-state index contributed by atoms with van der Waals surface area (Å²) < 4.78 is 24.6. The SMILES string of the molecule is CN1CCN(C)C(C(F)F)C1. The Labute approximate surface area is 65.8 Å². The first-order valence-electron chi connectivity index (χ1n) is 3.78. The molecule has 1 saturated heterocycles. The number of alkyl halides is 2. The van der Waals surface area contributed by atoms with Crippen LogP contribution in [0.25, 0.3) is 0 Å².